The second-order valence-corrected chi connectivity index (χ2v) is 21.4. The van der Waals surface area contributed by atoms with Gasteiger partial charge >= 0.3 is 21.1 Å². The second-order valence-electron chi connectivity index (χ2n) is 21.4. The molecule has 3 heterocycles. The number of rotatable bonds is 6. The Labute approximate surface area is 379 Å². The van der Waals surface area contributed by atoms with E-state index in [0.29, 0.717) is 22.8 Å². The topological polar surface area (TPSA) is 39.9 Å². The Hall–Kier alpha value is -4.53. The number of aryl methyl sites for hydroxylation is 2. The predicted octanol–water partition coefficient (Wildman–Crippen LogP) is 15.5. The first-order valence-corrected chi connectivity index (χ1v) is 22.0. The summed E-state index contributed by atoms with van der Waals surface area (Å²) in [5.41, 5.74) is 14.4. The van der Waals surface area contributed by atoms with Crippen LogP contribution in [0.2, 0.25) is 0 Å². The van der Waals surface area contributed by atoms with Crippen molar-refractivity contribution >= 4 is 21.8 Å². The first-order chi connectivity index (χ1) is 28.2. The number of ether oxygens (including phenoxy) is 1. The number of hydrogen-bond donors (Lipinski definition) is 0. The van der Waals surface area contributed by atoms with Crippen LogP contribution in [0.4, 0.5) is 0 Å². The molecule has 61 heavy (non-hydrogen) atoms. The van der Waals surface area contributed by atoms with Crippen molar-refractivity contribution in [2.75, 3.05) is 0 Å². The van der Waals surface area contributed by atoms with E-state index in [1.165, 1.54) is 70.0 Å². The molecular formula is C56H63N3OPt. The minimum absolute atomic E-state index is 0. The summed E-state index contributed by atoms with van der Waals surface area (Å²) < 4.78 is 8.88. The molecule has 0 spiro atoms. The summed E-state index contributed by atoms with van der Waals surface area (Å²) >= 11 is 0. The minimum Gasteiger partial charge on any atom is -0.503 e. The molecule has 3 aromatic heterocycles. The van der Waals surface area contributed by atoms with Crippen molar-refractivity contribution in [2.45, 2.75) is 138 Å². The van der Waals surface area contributed by atoms with Gasteiger partial charge in [-0.25, -0.2) is 4.98 Å². The van der Waals surface area contributed by atoms with Gasteiger partial charge in [-0.1, -0.05) is 124 Å². The largest absolute Gasteiger partial charge is 2.00 e. The van der Waals surface area contributed by atoms with Crippen LogP contribution in [0.25, 0.3) is 50.0 Å². The van der Waals surface area contributed by atoms with Crippen LogP contribution in [-0.2, 0) is 37.3 Å². The van der Waals surface area contributed by atoms with E-state index in [4.69, 9.17) is 14.7 Å². The summed E-state index contributed by atoms with van der Waals surface area (Å²) in [7, 11) is 0. The molecule has 1 aliphatic carbocycles. The van der Waals surface area contributed by atoms with Crippen LogP contribution in [0.1, 0.15) is 141 Å². The SMILES string of the molecule is Cc1cc(C2CCC(C)(C)CC2)ccc1-c1cc(-c2[c-]c(Oc3[c-]c4c(cc3)c3cc(C(C)(C)C)ccc3n4-c3cc(C(C)(C)C)c(C(C)(C)C)cn3)ccc2)ncc1C.[Pt+2]. The van der Waals surface area contributed by atoms with Crippen LogP contribution in [0.3, 0.4) is 0 Å². The molecule has 0 atom stereocenters. The summed E-state index contributed by atoms with van der Waals surface area (Å²) in [5, 5.41) is 2.29. The van der Waals surface area contributed by atoms with Crippen molar-refractivity contribution in [3.8, 4) is 39.7 Å². The third kappa shape index (κ3) is 9.04. The second kappa shape index (κ2) is 16.3. The van der Waals surface area contributed by atoms with Gasteiger partial charge in [-0.05, 0) is 135 Å². The molecule has 0 unspecified atom stereocenters. The van der Waals surface area contributed by atoms with Crippen LogP contribution in [-0.4, -0.2) is 14.5 Å². The van der Waals surface area contributed by atoms with Crippen LogP contribution in [0, 0.1) is 31.4 Å². The van der Waals surface area contributed by atoms with E-state index in [9.17, 15) is 0 Å². The van der Waals surface area contributed by atoms with Gasteiger partial charge in [-0.3, -0.25) is 0 Å². The molecule has 0 saturated heterocycles. The van der Waals surface area contributed by atoms with Crippen molar-refractivity contribution in [3.63, 3.8) is 0 Å². The van der Waals surface area contributed by atoms with Gasteiger partial charge in [-0.15, -0.1) is 41.3 Å². The smallest absolute Gasteiger partial charge is 0.503 e. The summed E-state index contributed by atoms with van der Waals surface area (Å²) in [6.07, 6.45) is 9.20. The Morgan fingerprint density at radius 2 is 1.36 bits per heavy atom. The van der Waals surface area contributed by atoms with Crippen LogP contribution < -0.4 is 4.74 Å². The molecule has 1 saturated carbocycles. The van der Waals surface area contributed by atoms with Crippen molar-refractivity contribution < 1.29 is 25.8 Å². The van der Waals surface area contributed by atoms with Gasteiger partial charge in [0.15, 0.2) is 0 Å². The molecule has 0 radical (unpaired) electrons. The van der Waals surface area contributed by atoms with Crippen LogP contribution in [0.5, 0.6) is 11.5 Å². The molecule has 0 bridgehead atoms. The fourth-order valence-corrected chi connectivity index (χ4v) is 9.19. The number of hydrogen-bond acceptors (Lipinski definition) is 3. The van der Waals surface area contributed by atoms with Gasteiger partial charge in [-0.2, -0.15) is 6.07 Å². The number of nitrogens with zero attached hydrogens (tertiary/aromatic N) is 3. The van der Waals surface area contributed by atoms with E-state index in [1.807, 2.05) is 24.4 Å². The molecule has 7 aromatic rings. The van der Waals surface area contributed by atoms with Gasteiger partial charge in [0.05, 0.1) is 0 Å². The third-order valence-electron chi connectivity index (χ3n) is 13.0. The number of benzene rings is 4. The average Bonchev–Trinajstić information content (AvgIpc) is 3.50. The van der Waals surface area contributed by atoms with Gasteiger partial charge in [0, 0.05) is 29.4 Å². The fraction of sp³-hybridized carbons (Fsp3) is 0.393. The number of pyridine rings is 2. The summed E-state index contributed by atoms with van der Waals surface area (Å²) in [6, 6.07) is 35.9. The van der Waals surface area contributed by atoms with E-state index in [2.05, 4.69) is 174 Å². The molecule has 4 nitrogen and oxygen atoms in total. The first-order valence-electron chi connectivity index (χ1n) is 22.0. The molecule has 0 aliphatic heterocycles. The number of aromatic nitrogens is 3. The summed E-state index contributed by atoms with van der Waals surface area (Å²) in [4.78, 5) is 10.0. The summed E-state index contributed by atoms with van der Waals surface area (Å²) in [6.45, 7) is 29.7. The van der Waals surface area contributed by atoms with Gasteiger partial charge < -0.3 is 14.3 Å². The zero-order valence-electron chi connectivity index (χ0n) is 38.6. The van der Waals surface area contributed by atoms with Crippen LogP contribution in [0.15, 0.2) is 91.3 Å². The Balaban J connectivity index is 0.00000561. The minimum atomic E-state index is -0.0692. The predicted molar refractivity (Wildman–Crippen MR) is 252 cm³/mol. The molecule has 1 fully saturated rings. The van der Waals surface area contributed by atoms with Crippen molar-refractivity contribution in [1.29, 1.82) is 0 Å². The molecule has 0 N–H and O–H groups in total. The summed E-state index contributed by atoms with van der Waals surface area (Å²) in [5.74, 6) is 2.76. The van der Waals surface area contributed by atoms with Gasteiger partial charge in [0.25, 0.3) is 0 Å². The maximum absolute atomic E-state index is 6.62. The molecule has 8 rings (SSSR count). The number of fused-ring (bicyclic) bond motifs is 3. The molecule has 1 aliphatic rings. The monoisotopic (exact) mass is 988 g/mol. The average molecular weight is 989 g/mol. The van der Waals surface area contributed by atoms with Gasteiger partial charge in [0.1, 0.15) is 5.82 Å². The van der Waals surface area contributed by atoms with Crippen molar-refractivity contribution in [3.05, 3.63) is 137 Å². The Morgan fingerprint density at radius 3 is 2.03 bits per heavy atom. The maximum Gasteiger partial charge on any atom is 2.00 e. The van der Waals surface area contributed by atoms with E-state index in [0.717, 1.165) is 39.1 Å². The third-order valence-corrected chi connectivity index (χ3v) is 13.0. The van der Waals surface area contributed by atoms with E-state index in [-0.39, 0.29) is 37.3 Å². The fourth-order valence-electron chi connectivity index (χ4n) is 9.19. The molecule has 5 heteroatoms. The first kappa shape index (κ1) is 44.5. The Morgan fingerprint density at radius 1 is 0.656 bits per heavy atom. The van der Waals surface area contributed by atoms with Crippen molar-refractivity contribution in [2.24, 2.45) is 5.41 Å². The maximum atomic E-state index is 6.62. The normalized spacial score (nSPS) is 15.0. The van der Waals surface area contributed by atoms with E-state index >= 15 is 0 Å². The molecule has 318 valence electrons. The Bertz CT molecular complexity index is 2740. The van der Waals surface area contributed by atoms with Crippen molar-refractivity contribution in [1.82, 2.24) is 14.5 Å². The van der Waals surface area contributed by atoms with Gasteiger partial charge in [0.2, 0.25) is 0 Å². The molecule has 0 amide bonds. The molecular weight excluding hydrogens is 926 g/mol. The Kier molecular flexibility index (Phi) is 11.9. The standard InChI is InChI=1S/C56H63N3O.Pt/c1-35-27-38(37-23-25-56(12,13)26-24-37)17-20-43(35)45-31-49(57-33-36(45)2)39-15-14-16-41(28-39)60-42-19-21-44-46-29-40(53(3,4)5)18-22-50(46)59(51(44)30-42)52-32-47(54(6,7)8)48(34-58-52)55(9,10)11;/h14-22,27,29,31-34,37H,23-26H2,1-13H3;/q-2;+2. The zero-order valence-corrected chi connectivity index (χ0v) is 40.9. The van der Waals surface area contributed by atoms with E-state index < -0.39 is 0 Å². The zero-order chi connectivity index (χ0) is 42.9. The van der Waals surface area contributed by atoms with E-state index in [1.54, 1.807) is 0 Å². The van der Waals surface area contributed by atoms with Crippen LogP contribution >= 0.6 is 0 Å². The molecule has 4 aromatic carbocycles. The quantitative estimate of drug-likeness (QED) is 0.156.